The maximum absolute atomic E-state index is 12.3. The fraction of sp³-hybridized carbons (Fsp3) is 0.353. The number of benzene rings is 1. The van der Waals surface area contributed by atoms with Crippen LogP contribution in [0.15, 0.2) is 33.9 Å². The Bertz CT molecular complexity index is 902. The SMILES string of the molecule is COc1ccc(OCCSCC(=O)c2c(N)n(C)c(=O)n(C)c2=O)cc1. The van der Waals surface area contributed by atoms with Crippen molar-refractivity contribution in [3.63, 3.8) is 0 Å². The highest BCUT2D eigenvalue weighted by Crippen LogP contribution is 2.17. The number of nitrogen functional groups attached to an aromatic ring is 1. The summed E-state index contributed by atoms with van der Waals surface area (Å²) in [5.41, 5.74) is 4.37. The van der Waals surface area contributed by atoms with E-state index in [0.29, 0.717) is 18.1 Å². The normalized spacial score (nSPS) is 10.6. The number of ether oxygens (including phenoxy) is 2. The number of carbonyl (C=O) groups is 1. The van der Waals surface area contributed by atoms with Gasteiger partial charge in [-0.2, -0.15) is 11.8 Å². The molecule has 0 atom stereocenters. The van der Waals surface area contributed by atoms with Crippen molar-refractivity contribution < 1.29 is 14.3 Å². The van der Waals surface area contributed by atoms with Gasteiger partial charge in [0.2, 0.25) is 0 Å². The summed E-state index contributed by atoms with van der Waals surface area (Å²) in [5.74, 6) is 1.56. The van der Waals surface area contributed by atoms with Crippen molar-refractivity contribution >= 4 is 23.4 Å². The Morgan fingerprint density at radius 3 is 2.35 bits per heavy atom. The maximum Gasteiger partial charge on any atom is 0.332 e. The van der Waals surface area contributed by atoms with Crippen LogP contribution in [-0.2, 0) is 14.1 Å². The van der Waals surface area contributed by atoms with E-state index in [9.17, 15) is 14.4 Å². The molecule has 0 fully saturated rings. The number of hydrogen-bond acceptors (Lipinski definition) is 7. The van der Waals surface area contributed by atoms with Crippen LogP contribution in [0.4, 0.5) is 5.82 Å². The van der Waals surface area contributed by atoms with Gasteiger partial charge in [0.05, 0.1) is 19.5 Å². The molecular weight excluding hydrogens is 358 g/mol. The highest BCUT2D eigenvalue weighted by molar-refractivity contribution is 8.00. The molecule has 1 aromatic heterocycles. The Labute approximate surface area is 154 Å². The van der Waals surface area contributed by atoms with Crippen molar-refractivity contribution in [2.45, 2.75) is 0 Å². The van der Waals surface area contributed by atoms with Crippen molar-refractivity contribution in [2.75, 3.05) is 31.0 Å². The van der Waals surface area contributed by atoms with Gasteiger partial charge in [0.25, 0.3) is 5.56 Å². The number of hydrogen-bond donors (Lipinski definition) is 1. The number of carbonyl (C=O) groups excluding carboxylic acids is 1. The minimum Gasteiger partial charge on any atom is -0.497 e. The van der Waals surface area contributed by atoms with E-state index in [1.807, 2.05) is 0 Å². The summed E-state index contributed by atoms with van der Waals surface area (Å²) >= 11 is 1.33. The molecule has 0 aliphatic heterocycles. The Balaban J connectivity index is 1.89. The first kappa shape index (κ1) is 19.6. The van der Waals surface area contributed by atoms with Crippen LogP contribution in [-0.4, -0.2) is 40.1 Å². The highest BCUT2D eigenvalue weighted by atomic mass is 32.2. The zero-order chi connectivity index (χ0) is 19.3. The molecule has 0 bridgehead atoms. The number of nitrogens with zero attached hydrogens (tertiary/aromatic N) is 2. The summed E-state index contributed by atoms with van der Waals surface area (Å²) in [6.07, 6.45) is 0. The first-order valence-electron chi connectivity index (χ1n) is 7.80. The van der Waals surface area contributed by atoms with Crippen LogP contribution >= 0.6 is 11.8 Å². The molecule has 0 aliphatic carbocycles. The molecule has 1 aromatic carbocycles. The minimum atomic E-state index is -0.675. The zero-order valence-electron chi connectivity index (χ0n) is 14.9. The smallest absolute Gasteiger partial charge is 0.332 e. The molecule has 0 unspecified atom stereocenters. The lowest BCUT2D eigenvalue weighted by molar-refractivity contribution is 0.102. The maximum atomic E-state index is 12.3. The average Bonchev–Trinajstić information content (AvgIpc) is 2.65. The van der Waals surface area contributed by atoms with Gasteiger partial charge in [-0.15, -0.1) is 0 Å². The van der Waals surface area contributed by atoms with Crippen molar-refractivity contribution in [2.24, 2.45) is 14.1 Å². The number of Topliss-reactive ketones (excluding diaryl/α,β-unsaturated/α-hetero) is 1. The molecular formula is C17H21N3O5S. The van der Waals surface area contributed by atoms with Gasteiger partial charge in [-0.1, -0.05) is 0 Å². The van der Waals surface area contributed by atoms with Gasteiger partial charge < -0.3 is 15.2 Å². The Hall–Kier alpha value is -2.68. The Kier molecular flexibility index (Phi) is 6.51. The third-order valence-corrected chi connectivity index (χ3v) is 4.70. The predicted molar refractivity (Wildman–Crippen MR) is 101 cm³/mol. The van der Waals surface area contributed by atoms with E-state index in [4.69, 9.17) is 15.2 Å². The molecule has 26 heavy (non-hydrogen) atoms. The fourth-order valence-corrected chi connectivity index (χ4v) is 2.92. The second kappa shape index (κ2) is 8.61. The molecule has 140 valence electrons. The molecule has 1 heterocycles. The van der Waals surface area contributed by atoms with Crippen molar-refractivity contribution in [1.82, 2.24) is 9.13 Å². The molecule has 2 N–H and O–H groups in total. The predicted octanol–water partition coefficient (Wildman–Crippen LogP) is 0.670. The summed E-state index contributed by atoms with van der Waals surface area (Å²) in [4.78, 5) is 36.2. The van der Waals surface area contributed by atoms with E-state index in [1.54, 1.807) is 31.4 Å². The standard InChI is InChI=1S/C17H21N3O5S/c1-19-15(18)14(16(22)20(2)17(19)23)13(21)10-26-9-8-25-12-6-4-11(24-3)5-7-12/h4-7H,8-10,18H2,1-3H3. The lowest BCUT2D eigenvalue weighted by Gasteiger charge is -2.10. The highest BCUT2D eigenvalue weighted by Gasteiger charge is 2.19. The molecule has 8 nitrogen and oxygen atoms in total. The van der Waals surface area contributed by atoms with Crippen LogP contribution in [0.3, 0.4) is 0 Å². The molecule has 2 rings (SSSR count). The zero-order valence-corrected chi connectivity index (χ0v) is 15.7. The van der Waals surface area contributed by atoms with Crippen LogP contribution in [0.5, 0.6) is 11.5 Å². The summed E-state index contributed by atoms with van der Waals surface area (Å²) in [6, 6.07) is 7.18. The summed E-state index contributed by atoms with van der Waals surface area (Å²) in [7, 11) is 4.33. The molecule has 0 aliphatic rings. The molecule has 0 spiro atoms. The fourth-order valence-electron chi connectivity index (χ4n) is 2.25. The molecule has 0 saturated heterocycles. The van der Waals surface area contributed by atoms with Crippen LogP contribution in [0.1, 0.15) is 10.4 Å². The first-order valence-corrected chi connectivity index (χ1v) is 8.95. The van der Waals surface area contributed by atoms with Gasteiger partial charge in [-0.3, -0.25) is 18.7 Å². The van der Waals surface area contributed by atoms with Crippen molar-refractivity contribution in [3.8, 4) is 11.5 Å². The van der Waals surface area contributed by atoms with E-state index in [-0.39, 0.29) is 17.1 Å². The number of rotatable bonds is 8. The van der Waals surface area contributed by atoms with E-state index >= 15 is 0 Å². The Morgan fingerprint density at radius 2 is 1.73 bits per heavy atom. The van der Waals surface area contributed by atoms with Gasteiger partial charge in [0.15, 0.2) is 5.78 Å². The Morgan fingerprint density at radius 1 is 1.12 bits per heavy atom. The van der Waals surface area contributed by atoms with Crippen LogP contribution < -0.4 is 26.5 Å². The minimum absolute atomic E-state index is 0.0730. The first-order chi connectivity index (χ1) is 12.4. The topological polar surface area (TPSA) is 106 Å². The third kappa shape index (κ3) is 4.29. The van der Waals surface area contributed by atoms with E-state index in [1.165, 1.54) is 25.9 Å². The monoisotopic (exact) mass is 379 g/mol. The van der Waals surface area contributed by atoms with E-state index in [0.717, 1.165) is 14.9 Å². The lowest BCUT2D eigenvalue weighted by atomic mass is 10.2. The lowest BCUT2D eigenvalue weighted by Crippen LogP contribution is -2.41. The van der Waals surface area contributed by atoms with Gasteiger partial charge in [0.1, 0.15) is 22.9 Å². The van der Waals surface area contributed by atoms with Gasteiger partial charge in [-0.25, -0.2) is 4.79 Å². The second-order valence-corrected chi connectivity index (χ2v) is 6.57. The van der Waals surface area contributed by atoms with Crippen LogP contribution in [0, 0.1) is 0 Å². The van der Waals surface area contributed by atoms with Crippen molar-refractivity contribution in [1.29, 1.82) is 0 Å². The second-order valence-electron chi connectivity index (χ2n) is 5.47. The quantitative estimate of drug-likeness (QED) is 0.531. The number of thioether (sulfide) groups is 1. The number of aromatic nitrogens is 2. The number of nitrogens with two attached hydrogens (primary N) is 1. The van der Waals surface area contributed by atoms with Gasteiger partial charge in [-0.05, 0) is 24.3 Å². The molecule has 0 amide bonds. The van der Waals surface area contributed by atoms with Crippen molar-refractivity contribution in [3.05, 3.63) is 50.7 Å². The summed E-state index contributed by atoms with van der Waals surface area (Å²) in [5, 5.41) is 0. The summed E-state index contributed by atoms with van der Waals surface area (Å²) in [6.45, 7) is 0.408. The summed E-state index contributed by atoms with van der Waals surface area (Å²) < 4.78 is 12.6. The third-order valence-electron chi connectivity index (χ3n) is 3.78. The number of anilines is 1. The average molecular weight is 379 g/mol. The van der Waals surface area contributed by atoms with E-state index in [2.05, 4.69) is 0 Å². The molecule has 9 heteroatoms. The molecule has 0 radical (unpaired) electrons. The van der Waals surface area contributed by atoms with E-state index < -0.39 is 17.0 Å². The number of methoxy groups -OCH3 is 1. The van der Waals surface area contributed by atoms with Crippen LogP contribution in [0.25, 0.3) is 0 Å². The van der Waals surface area contributed by atoms with Gasteiger partial charge in [0, 0.05) is 19.8 Å². The largest absolute Gasteiger partial charge is 0.497 e. The number of ketones is 1. The molecule has 0 saturated carbocycles. The van der Waals surface area contributed by atoms with Crippen LogP contribution in [0.2, 0.25) is 0 Å². The van der Waals surface area contributed by atoms with Gasteiger partial charge >= 0.3 is 5.69 Å². The molecule has 2 aromatic rings.